The number of aromatic nitrogens is 1. The number of ether oxygens (including phenoxy) is 1. The van der Waals surface area contributed by atoms with E-state index in [1.165, 1.54) is 12.3 Å². The lowest BCUT2D eigenvalue weighted by atomic mass is 9.70. The molecule has 1 aromatic rings. The molecule has 2 aliphatic rings. The normalized spacial score (nSPS) is 26.0. The van der Waals surface area contributed by atoms with Gasteiger partial charge < -0.3 is 19.9 Å². The second kappa shape index (κ2) is 7.17. The molecule has 0 bridgehead atoms. The first-order valence-electron chi connectivity index (χ1n) is 8.56. The van der Waals surface area contributed by atoms with Crippen LogP contribution in [0.25, 0.3) is 0 Å². The molecule has 1 amide bonds. The second-order valence-corrected chi connectivity index (χ2v) is 6.97. The van der Waals surface area contributed by atoms with Crippen LogP contribution in [-0.4, -0.2) is 54.0 Å². The number of esters is 1. The Balaban J connectivity index is 1.86. The number of amides is 1. The van der Waals surface area contributed by atoms with E-state index in [0.717, 1.165) is 13.0 Å². The van der Waals surface area contributed by atoms with Gasteiger partial charge in [0.2, 0.25) is 0 Å². The van der Waals surface area contributed by atoms with Gasteiger partial charge in [0.15, 0.2) is 0 Å². The summed E-state index contributed by atoms with van der Waals surface area (Å²) >= 11 is 5.83. The first-order chi connectivity index (χ1) is 12.0. The number of halogens is 1. The number of pyridine rings is 1. The maximum absolute atomic E-state index is 12.8. The molecule has 3 heterocycles. The van der Waals surface area contributed by atoms with Crippen molar-refractivity contribution in [3.8, 4) is 0 Å². The van der Waals surface area contributed by atoms with Gasteiger partial charge in [0.05, 0.1) is 12.2 Å². The summed E-state index contributed by atoms with van der Waals surface area (Å²) in [5.41, 5.74) is -0.837. The number of hydrogen-bond donors (Lipinski definition) is 2. The summed E-state index contributed by atoms with van der Waals surface area (Å²) in [6, 6.07) is 1.38. The number of hydrogen-bond acceptors (Lipinski definition) is 5. The Morgan fingerprint density at radius 3 is 3.00 bits per heavy atom. The van der Waals surface area contributed by atoms with Gasteiger partial charge in [-0.05, 0) is 38.8 Å². The molecular weight excluding hydrogens is 346 g/mol. The zero-order valence-corrected chi connectivity index (χ0v) is 14.9. The van der Waals surface area contributed by atoms with Gasteiger partial charge in [-0.2, -0.15) is 0 Å². The van der Waals surface area contributed by atoms with E-state index in [-0.39, 0.29) is 22.9 Å². The number of carbonyl (C=O) groups excluding carboxylic acids is 2. The molecule has 2 aliphatic heterocycles. The van der Waals surface area contributed by atoms with E-state index in [2.05, 4.69) is 10.3 Å². The molecule has 0 aromatic carbocycles. The molecule has 2 saturated heterocycles. The number of aromatic amines is 1. The van der Waals surface area contributed by atoms with E-state index in [0.29, 0.717) is 38.1 Å². The number of nitrogens with zero attached hydrogens (tertiary/aromatic N) is 1. The van der Waals surface area contributed by atoms with Crippen LogP contribution in [0.5, 0.6) is 0 Å². The quantitative estimate of drug-likeness (QED) is 0.783. The van der Waals surface area contributed by atoms with Gasteiger partial charge in [0.1, 0.15) is 10.4 Å². The van der Waals surface area contributed by atoms with E-state index in [9.17, 15) is 14.4 Å². The molecule has 0 saturated carbocycles. The molecule has 0 spiro atoms. The summed E-state index contributed by atoms with van der Waals surface area (Å²) in [4.78, 5) is 41.0. The molecule has 2 N–H and O–H groups in total. The van der Waals surface area contributed by atoms with Gasteiger partial charge in [-0.1, -0.05) is 11.6 Å². The standard InChI is InChI=1S/C17H22ClN3O4/c1-2-25-16(24)17-5-3-6-19-13(17)4-7-21(10-17)15(23)11-8-12(18)14(22)20-9-11/h8-9,13,19H,2-7,10H2,1H3,(H,20,22)/t13-,17+/m0/s1. The Kier molecular flexibility index (Phi) is 5.15. The van der Waals surface area contributed by atoms with Crippen LogP contribution in [0.15, 0.2) is 17.1 Å². The van der Waals surface area contributed by atoms with E-state index < -0.39 is 11.0 Å². The van der Waals surface area contributed by atoms with Crippen molar-refractivity contribution in [2.75, 3.05) is 26.2 Å². The highest BCUT2D eigenvalue weighted by atomic mass is 35.5. The maximum Gasteiger partial charge on any atom is 0.315 e. The van der Waals surface area contributed by atoms with Crippen LogP contribution in [0.4, 0.5) is 0 Å². The van der Waals surface area contributed by atoms with Crippen LogP contribution < -0.4 is 10.9 Å². The van der Waals surface area contributed by atoms with Crippen LogP contribution in [0.3, 0.4) is 0 Å². The fourth-order valence-corrected chi connectivity index (χ4v) is 4.01. The first-order valence-corrected chi connectivity index (χ1v) is 8.94. The molecule has 0 radical (unpaired) electrons. The van der Waals surface area contributed by atoms with Gasteiger partial charge in [-0.3, -0.25) is 14.4 Å². The third-order valence-corrected chi connectivity index (χ3v) is 5.37. The Morgan fingerprint density at radius 2 is 2.28 bits per heavy atom. The predicted octanol–water partition coefficient (Wildman–Crippen LogP) is 1.18. The van der Waals surface area contributed by atoms with Gasteiger partial charge in [0.25, 0.3) is 11.5 Å². The second-order valence-electron chi connectivity index (χ2n) is 6.57. The van der Waals surface area contributed by atoms with Crippen molar-refractivity contribution in [1.29, 1.82) is 0 Å². The molecule has 0 unspecified atom stereocenters. The lowest BCUT2D eigenvalue weighted by Gasteiger charge is -2.49. The van der Waals surface area contributed by atoms with Crippen LogP contribution in [0.2, 0.25) is 5.02 Å². The Labute approximate surface area is 150 Å². The van der Waals surface area contributed by atoms with E-state index in [4.69, 9.17) is 16.3 Å². The highest BCUT2D eigenvalue weighted by molar-refractivity contribution is 6.30. The Hall–Kier alpha value is -1.86. The third kappa shape index (κ3) is 3.30. The van der Waals surface area contributed by atoms with Crippen molar-refractivity contribution in [2.24, 2.45) is 5.41 Å². The zero-order chi connectivity index (χ0) is 18.0. The summed E-state index contributed by atoms with van der Waals surface area (Å²) in [5.74, 6) is -0.491. The van der Waals surface area contributed by atoms with Crippen molar-refractivity contribution < 1.29 is 14.3 Å². The molecule has 1 aromatic heterocycles. The molecule has 8 heteroatoms. The van der Waals surface area contributed by atoms with Crippen molar-refractivity contribution in [3.05, 3.63) is 33.2 Å². The highest BCUT2D eigenvalue weighted by Gasteiger charge is 2.52. The number of fused-ring (bicyclic) bond motifs is 1. The predicted molar refractivity (Wildman–Crippen MR) is 92.7 cm³/mol. The van der Waals surface area contributed by atoms with Gasteiger partial charge >= 0.3 is 5.97 Å². The number of H-pyrrole nitrogens is 1. The average molecular weight is 368 g/mol. The van der Waals surface area contributed by atoms with Crippen molar-refractivity contribution in [2.45, 2.75) is 32.2 Å². The van der Waals surface area contributed by atoms with Crippen LogP contribution in [0, 0.1) is 5.41 Å². The van der Waals surface area contributed by atoms with Crippen LogP contribution in [0.1, 0.15) is 36.5 Å². The number of piperidine rings is 2. The third-order valence-electron chi connectivity index (χ3n) is 5.09. The molecule has 3 rings (SSSR count). The number of nitrogens with one attached hydrogen (secondary N) is 2. The molecular formula is C17H22ClN3O4. The minimum Gasteiger partial charge on any atom is -0.465 e. The number of rotatable bonds is 3. The Bertz CT molecular complexity index is 735. The van der Waals surface area contributed by atoms with E-state index in [1.54, 1.807) is 11.8 Å². The largest absolute Gasteiger partial charge is 0.465 e. The molecule has 25 heavy (non-hydrogen) atoms. The lowest BCUT2D eigenvalue weighted by Crippen LogP contribution is -2.64. The first kappa shape index (κ1) is 17.9. The maximum atomic E-state index is 12.8. The van der Waals surface area contributed by atoms with Gasteiger partial charge in [-0.25, -0.2) is 0 Å². The summed E-state index contributed by atoms with van der Waals surface area (Å²) in [6.07, 6.45) is 3.60. The molecule has 2 atom stereocenters. The van der Waals surface area contributed by atoms with Crippen molar-refractivity contribution in [3.63, 3.8) is 0 Å². The summed E-state index contributed by atoms with van der Waals surface area (Å²) in [6.45, 7) is 3.81. The molecule has 136 valence electrons. The highest BCUT2D eigenvalue weighted by Crippen LogP contribution is 2.39. The van der Waals surface area contributed by atoms with E-state index in [1.807, 2.05) is 0 Å². The monoisotopic (exact) mass is 367 g/mol. The topological polar surface area (TPSA) is 91.5 Å². The minimum atomic E-state index is -0.714. The Morgan fingerprint density at radius 1 is 1.48 bits per heavy atom. The molecule has 2 fully saturated rings. The smallest absolute Gasteiger partial charge is 0.315 e. The van der Waals surface area contributed by atoms with Crippen molar-refractivity contribution in [1.82, 2.24) is 15.2 Å². The minimum absolute atomic E-state index is 0.0171. The zero-order valence-electron chi connectivity index (χ0n) is 14.1. The summed E-state index contributed by atoms with van der Waals surface area (Å²) in [5, 5.41) is 3.38. The van der Waals surface area contributed by atoms with Crippen LogP contribution in [-0.2, 0) is 9.53 Å². The number of likely N-dealkylation sites (tertiary alicyclic amines) is 1. The van der Waals surface area contributed by atoms with E-state index >= 15 is 0 Å². The van der Waals surface area contributed by atoms with Gasteiger partial charge in [0, 0.05) is 25.3 Å². The van der Waals surface area contributed by atoms with Crippen molar-refractivity contribution >= 4 is 23.5 Å². The lowest BCUT2D eigenvalue weighted by molar-refractivity contribution is -0.162. The van der Waals surface area contributed by atoms with Gasteiger partial charge in [-0.15, -0.1) is 0 Å². The molecule has 0 aliphatic carbocycles. The summed E-state index contributed by atoms with van der Waals surface area (Å²) in [7, 11) is 0. The number of carbonyl (C=O) groups is 2. The SMILES string of the molecule is CCOC(=O)[C@@]12CCCN[C@H]1CCN(C(=O)c1c[nH]c(=O)c(Cl)c1)C2. The summed E-state index contributed by atoms with van der Waals surface area (Å²) < 4.78 is 5.32. The van der Waals surface area contributed by atoms with Crippen LogP contribution >= 0.6 is 11.6 Å². The average Bonchev–Trinajstić information content (AvgIpc) is 2.63. The fourth-order valence-electron chi connectivity index (χ4n) is 3.84. The molecule has 7 nitrogen and oxygen atoms in total. The fraction of sp³-hybridized carbons (Fsp3) is 0.588.